The molecule has 0 unspecified atom stereocenters. The molecule has 6 nitrogen and oxygen atoms in total. The molecule has 2 aromatic rings. The molecule has 1 aliphatic rings. The third-order valence-corrected chi connectivity index (χ3v) is 4.49. The number of nitrogens with two attached hydrogens (primary N) is 1. The quantitative estimate of drug-likeness (QED) is 0.889. The highest BCUT2D eigenvalue weighted by molar-refractivity contribution is 7.13. The smallest absolute Gasteiger partial charge is 0.321 e. The number of carbonyl (C=O) groups is 2. The van der Waals surface area contributed by atoms with Crippen LogP contribution in [0.1, 0.15) is 12.8 Å². The van der Waals surface area contributed by atoms with Crippen LogP contribution >= 0.6 is 11.5 Å². The summed E-state index contributed by atoms with van der Waals surface area (Å²) in [5, 5.41) is 3.87. The number of nitrogens with zero attached hydrogens (tertiary/aromatic N) is 2. The van der Waals surface area contributed by atoms with Gasteiger partial charge in [0.2, 0.25) is 5.91 Å². The molecular formula is C14H16N4O2S. The second kappa shape index (κ2) is 5.69. The fourth-order valence-electron chi connectivity index (χ4n) is 2.55. The highest BCUT2D eigenvalue weighted by Crippen LogP contribution is 2.23. The van der Waals surface area contributed by atoms with E-state index in [1.165, 1.54) is 11.5 Å². The number of anilines is 1. The molecule has 0 spiro atoms. The van der Waals surface area contributed by atoms with Crippen molar-refractivity contribution >= 4 is 39.2 Å². The number of primary amides is 1. The first kappa shape index (κ1) is 13.8. The fourth-order valence-corrected chi connectivity index (χ4v) is 3.17. The number of aromatic nitrogens is 1. The highest BCUT2D eigenvalue weighted by Gasteiger charge is 2.26. The maximum Gasteiger partial charge on any atom is 0.321 e. The summed E-state index contributed by atoms with van der Waals surface area (Å²) in [7, 11) is 0. The van der Waals surface area contributed by atoms with E-state index in [2.05, 4.69) is 9.69 Å². The van der Waals surface area contributed by atoms with Crippen LogP contribution in [0.5, 0.6) is 0 Å². The molecule has 0 bridgehead atoms. The van der Waals surface area contributed by atoms with Crippen LogP contribution in [0.15, 0.2) is 24.4 Å². The van der Waals surface area contributed by atoms with Gasteiger partial charge >= 0.3 is 6.03 Å². The van der Waals surface area contributed by atoms with Crippen molar-refractivity contribution in [2.24, 2.45) is 11.7 Å². The van der Waals surface area contributed by atoms with Crippen LogP contribution in [0, 0.1) is 5.92 Å². The van der Waals surface area contributed by atoms with Crippen molar-refractivity contribution in [3.8, 4) is 0 Å². The van der Waals surface area contributed by atoms with Crippen molar-refractivity contribution in [2.45, 2.75) is 12.8 Å². The molecule has 21 heavy (non-hydrogen) atoms. The van der Waals surface area contributed by atoms with Gasteiger partial charge in [-0.25, -0.2) is 4.79 Å². The van der Waals surface area contributed by atoms with Crippen LogP contribution in [0.2, 0.25) is 0 Å². The monoisotopic (exact) mass is 304 g/mol. The van der Waals surface area contributed by atoms with Gasteiger partial charge in [-0.3, -0.25) is 4.79 Å². The average molecular weight is 304 g/mol. The summed E-state index contributed by atoms with van der Waals surface area (Å²) in [6.07, 6.45) is 3.33. The third kappa shape index (κ3) is 2.97. The van der Waals surface area contributed by atoms with Crippen molar-refractivity contribution in [3.05, 3.63) is 24.4 Å². The second-order valence-electron chi connectivity index (χ2n) is 5.20. The molecule has 7 heteroatoms. The minimum absolute atomic E-state index is 0.191. The minimum Gasteiger partial charge on any atom is -0.369 e. The van der Waals surface area contributed by atoms with Gasteiger partial charge in [-0.1, -0.05) is 0 Å². The number of likely N-dealkylation sites (tertiary alicyclic amines) is 1. The van der Waals surface area contributed by atoms with Gasteiger partial charge in [0.15, 0.2) is 0 Å². The first-order valence-corrected chi connectivity index (χ1v) is 7.60. The highest BCUT2D eigenvalue weighted by atomic mass is 32.1. The summed E-state index contributed by atoms with van der Waals surface area (Å²) >= 11 is 1.42. The van der Waals surface area contributed by atoms with E-state index in [0.717, 1.165) is 28.6 Å². The van der Waals surface area contributed by atoms with E-state index in [9.17, 15) is 9.59 Å². The second-order valence-corrected chi connectivity index (χ2v) is 6.03. The lowest BCUT2D eigenvalue weighted by Crippen LogP contribution is -2.45. The summed E-state index contributed by atoms with van der Waals surface area (Å²) in [5.41, 5.74) is 6.06. The lowest BCUT2D eigenvalue weighted by Gasteiger charge is -2.31. The SMILES string of the molecule is NC(=O)[C@@H]1CCCN(C(=O)Nc2ccc3sncc3c2)C1. The number of rotatable bonds is 2. The van der Waals surface area contributed by atoms with Crippen molar-refractivity contribution in [3.63, 3.8) is 0 Å². The first-order chi connectivity index (χ1) is 10.1. The van der Waals surface area contributed by atoms with Crippen LogP contribution in [-0.2, 0) is 4.79 Å². The zero-order valence-corrected chi connectivity index (χ0v) is 12.2. The van der Waals surface area contributed by atoms with Gasteiger partial charge in [0, 0.05) is 30.4 Å². The zero-order chi connectivity index (χ0) is 14.8. The number of urea groups is 1. The zero-order valence-electron chi connectivity index (χ0n) is 11.4. The molecule has 3 N–H and O–H groups in total. The molecular weight excluding hydrogens is 288 g/mol. The largest absolute Gasteiger partial charge is 0.369 e. The van der Waals surface area contributed by atoms with E-state index in [1.54, 1.807) is 11.1 Å². The number of nitrogens with one attached hydrogen (secondary N) is 1. The van der Waals surface area contributed by atoms with Gasteiger partial charge in [0.05, 0.1) is 10.6 Å². The molecule has 0 aliphatic carbocycles. The molecule has 1 aliphatic heterocycles. The molecule has 1 aromatic carbocycles. The Morgan fingerprint density at radius 1 is 1.43 bits per heavy atom. The molecule has 1 saturated heterocycles. The predicted molar refractivity (Wildman–Crippen MR) is 82.1 cm³/mol. The Morgan fingerprint density at radius 3 is 3.10 bits per heavy atom. The Kier molecular flexibility index (Phi) is 3.74. The van der Waals surface area contributed by atoms with Crippen molar-refractivity contribution in [2.75, 3.05) is 18.4 Å². The summed E-state index contributed by atoms with van der Waals surface area (Å²) in [5.74, 6) is -0.577. The predicted octanol–water partition coefficient (Wildman–Crippen LogP) is 2.03. The average Bonchev–Trinajstić information content (AvgIpc) is 2.95. The van der Waals surface area contributed by atoms with Crippen LogP contribution in [0.3, 0.4) is 0 Å². The summed E-state index contributed by atoms with van der Waals surface area (Å²) in [6, 6.07) is 5.49. The van der Waals surface area contributed by atoms with Gasteiger partial charge in [0.1, 0.15) is 0 Å². The van der Waals surface area contributed by atoms with Crippen molar-refractivity contribution < 1.29 is 9.59 Å². The number of amides is 3. The van der Waals surface area contributed by atoms with E-state index in [-0.39, 0.29) is 17.9 Å². The van der Waals surface area contributed by atoms with Crippen LogP contribution in [0.4, 0.5) is 10.5 Å². The number of hydrogen-bond donors (Lipinski definition) is 2. The molecule has 3 amide bonds. The molecule has 110 valence electrons. The van der Waals surface area contributed by atoms with Gasteiger partial charge < -0.3 is 16.0 Å². The fraction of sp³-hybridized carbons (Fsp3) is 0.357. The van der Waals surface area contributed by atoms with Crippen molar-refractivity contribution in [1.82, 2.24) is 9.27 Å². The Labute approximate surface area is 126 Å². The van der Waals surface area contributed by atoms with E-state index in [1.807, 2.05) is 18.2 Å². The number of piperidine rings is 1. The van der Waals surface area contributed by atoms with E-state index in [4.69, 9.17) is 5.73 Å². The topological polar surface area (TPSA) is 88.3 Å². The van der Waals surface area contributed by atoms with E-state index < -0.39 is 0 Å². The molecule has 0 radical (unpaired) electrons. The maximum atomic E-state index is 12.3. The number of fused-ring (bicyclic) bond motifs is 1. The summed E-state index contributed by atoms with van der Waals surface area (Å²) in [6.45, 7) is 1.04. The Hall–Kier alpha value is -2.15. The molecule has 3 rings (SSSR count). The number of benzene rings is 1. The standard InChI is InChI=1S/C14H16N4O2S/c15-13(19)9-2-1-5-18(8-9)14(20)17-11-3-4-12-10(6-11)7-16-21-12/h3-4,6-7,9H,1-2,5,8H2,(H2,15,19)(H,17,20)/t9-/m1/s1. The molecule has 1 atom stereocenters. The van der Waals surface area contributed by atoms with Crippen LogP contribution < -0.4 is 11.1 Å². The van der Waals surface area contributed by atoms with Gasteiger partial charge in [-0.2, -0.15) is 4.37 Å². The van der Waals surface area contributed by atoms with Crippen LogP contribution in [-0.4, -0.2) is 34.3 Å². The van der Waals surface area contributed by atoms with E-state index in [0.29, 0.717) is 13.1 Å². The minimum atomic E-state index is -0.335. The van der Waals surface area contributed by atoms with Gasteiger partial charge in [0.25, 0.3) is 0 Å². The normalized spacial score (nSPS) is 18.7. The Morgan fingerprint density at radius 2 is 2.29 bits per heavy atom. The summed E-state index contributed by atoms with van der Waals surface area (Å²) in [4.78, 5) is 25.2. The van der Waals surface area contributed by atoms with Gasteiger partial charge in [-0.05, 0) is 42.6 Å². The Bertz CT molecular complexity index is 684. The van der Waals surface area contributed by atoms with E-state index >= 15 is 0 Å². The molecule has 2 heterocycles. The Balaban J connectivity index is 1.69. The lowest BCUT2D eigenvalue weighted by atomic mass is 9.98. The summed E-state index contributed by atoms with van der Waals surface area (Å²) < 4.78 is 5.19. The first-order valence-electron chi connectivity index (χ1n) is 6.83. The van der Waals surface area contributed by atoms with Crippen molar-refractivity contribution in [1.29, 1.82) is 0 Å². The van der Waals surface area contributed by atoms with Gasteiger partial charge in [-0.15, -0.1) is 0 Å². The third-order valence-electron chi connectivity index (χ3n) is 3.71. The van der Waals surface area contributed by atoms with Crippen LogP contribution in [0.25, 0.3) is 10.1 Å². The number of hydrogen-bond acceptors (Lipinski definition) is 4. The maximum absolute atomic E-state index is 12.3. The number of carbonyl (C=O) groups excluding carboxylic acids is 2. The lowest BCUT2D eigenvalue weighted by molar-refractivity contribution is -0.123. The molecule has 1 aromatic heterocycles. The molecule has 1 fully saturated rings. The molecule has 0 saturated carbocycles.